The molecule has 0 amide bonds. The van der Waals surface area contributed by atoms with Gasteiger partial charge in [0, 0.05) is 18.5 Å². The molecule has 6 nitrogen and oxygen atoms in total. The topological polar surface area (TPSA) is 66.9 Å². The maximum absolute atomic E-state index is 13.1. The number of aromatic amines is 1. The van der Waals surface area contributed by atoms with E-state index < -0.39 is 0 Å². The van der Waals surface area contributed by atoms with Gasteiger partial charge in [0.25, 0.3) is 0 Å². The number of nitrogens with zero attached hydrogens (tertiary/aromatic N) is 4. The molecule has 0 aliphatic carbocycles. The van der Waals surface area contributed by atoms with E-state index in [9.17, 15) is 4.39 Å². The second kappa shape index (κ2) is 6.76. The first-order valence-corrected chi connectivity index (χ1v) is 8.52. The Balaban J connectivity index is 1.56. The molecule has 3 aromatic rings. The highest BCUT2D eigenvalue weighted by Gasteiger charge is 2.27. The van der Waals surface area contributed by atoms with Gasteiger partial charge in [0.05, 0.1) is 36.8 Å². The van der Waals surface area contributed by atoms with Crippen molar-refractivity contribution in [3.8, 4) is 11.3 Å². The van der Waals surface area contributed by atoms with Crippen molar-refractivity contribution < 1.29 is 9.13 Å². The number of aromatic nitrogens is 4. The minimum absolute atomic E-state index is 0.0367. The molecule has 2 aromatic heterocycles. The van der Waals surface area contributed by atoms with Crippen LogP contribution in [-0.2, 0) is 11.3 Å². The van der Waals surface area contributed by atoms with E-state index >= 15 is 0 Å². The zero-order chi connectivity index (χ0) is 16.4. The minimum atomic E-state index is -0.248. The average Bonchev–Trinajstić information content (AvgIpc) is 3.28. The smallest absolute Gasteiger partial charge is 0.126 e. The molecule has 1 N–H and O–H groups in total. The summed E-state index contributed by atoms with van der Waals surface area (Å²) in [4.78, 5) is 10.1. The van der Waals surface area contributed by atoms with E-state index in [0.29, 0.717) is 13.2 Å². The molecule has 0 radical (unpaired) electrons. The molecule has 0 unspecified atom stereocenters. The molecule has 1 aliphatic rings. The number of halogens is 1. The minimum Gasteiger partial charge on any atom is -0.378 e. The molecule has 1 fully saturated rings. The van der Waals surface area contributed by atoms with Gasteiger partial charge in [-0.3, -0.25) is 4.90 Å². The summed E-state index contributed by atoms with van der Waals surface area (Å²) in [6.07, 6.45) is 1.78. The Bertz CT molecular complexity index is 789. The summed E-state index contributed by atoms with van der Waals surface area (Å²) in [6, 6.07) is 6.41. The zero-order valence-electron chi connectivity index (χ0n) is 12.9. The van der Waals surface area contributed by atoms with E-state index in [2.05, 4.69) is 24.5 Å². The molecule has 1 saturated heterocycles. The van der Waals surface area contributed by atoms with Crippen LogP contribution < -0.4 is 0 Å². The summed E-state index contributed by atoms with van der Waals surface area (Å²) < 4.78 is 22.6. The van der Waals surface area contributed by atoms with Gasteiger partial charge in [-0.25, -0.2) is 9.37 Å². The lowest BCUT2D eigenvalue weighted by atomic mass is 10.1. The van der Waals surface area contributed by atoms with E-state index in [0.717, 1.165) is 35.9 Å². The van der Waals surface area contributed by atoms with Crippen LogP contribution in [0, 0.1) is 5.82 Å². The molecule has 0 bridgehead atoms. The van der Waals surface area contributed by atoms with E-state index in [4.69, 9.17) is 4.74 Å². The van der Waals surface area contributed by atoms with Gasteiger partial charge >= 0.3 is 0 Å². The van der Waals surface area contributed by atoms with Crippen LogP contribution in [0.5, 0.6) is 0 Å². The monoisotopic (exact) mass is 345 g/mol. The highest BCUT2D eigenvalue weighted by Crippen LogP contribution is 2.26. The molecule has 4 rings (SSSR count). The van der Waals surface area contributed by atoms with Crippen molar-refractivity contribution in [2.24, 2.45) is 0 Å². The third-order valence-electron chi connectivity index (χ3n) is 4.08. The Morgan fingerprint density at radius 3 is 3.00 bits per heavy atom. The van der Waals surface area contributed by atoms with Crippen LogP contribution >= 0.6 is 11.5 Å². The lowest BCUT2D eigenvalue weighted by Crippen LogP contribution is -2.39. The Kier molecular flexibility index (Phi) is 4.33. The molecule has 24 heavy (non-hydrogen) atoms. The second-order valence-corrected chi connectivity index (χ2v) is 6.26. The molecule has 0 saturated carbocycles. The Morgan fingerprint density at radius 1 is 1.33 bits per heavy atom. The number of hydrogen-bond acceptors (Lipinski definition) is 6. The Hall–Kier alpha value is -2.16. The van der Waals surface area contributed by atoms with Crippen molar-refractivity contribution in [2.45, 2.75) is 12.6 Å². The molecule has 0 spiro atoms. The normalized spacial score (nSPS) is 18.8. The number of benzene rings is 1. The van der Waals surface area contributed by atoms with Crippen molar-refractivity contribution >= 4 is 11.5 Å². The highest BCUT2D eigenvalue weighted by atomic mass is 32.1. The number of H-pyrrole nitrogens is 1. The molecule has 1 aliphatic heterocycles. The van der Waals surface area contributed by atoms with Gasteiger partial charge in [0.15, 0.2) is 0 Å². The van der Waals surface area contributed by atoms with Crippen molar-refractivity contribution in [3.05, 3.63) is 53.2 Å². The third kappa shape index (κ3) is 3.21. The first-order chi connectivity index (χ1) is 11.8. The number of nitrogens with one attached hydrogen (secondary N) is 1. The number of hydrogen-bond donors (Lipinski definition) is 1. The quantitative estimate of drug-likeness (QED) is 0.787. The molecule has 3 heterocycles. The summed E-state index contributed by atoms with van der Waals surface area (Å²) in [7, 11) is 0. The lowest BCUT2D eigenvalue weighted by Gasteiger charge is -2.33. The van der Waals surface area contributed by atoms with Gasteiger partial charge in [-0.1, -0.05) is 4.49 Å². The fraction of sp³-hybridized carbons (Fsp3) is 0.312. The summed E-state index contributed by atoms with van der Waals surface area (Å²) in [5.41, 5.74) is 2.73. The van der Waals surface area contributed by atoms with E-state index in [1.54, 1.807) is 18.3 Å². The maximum atomic E-state index is 13.1. The fourth-order valence-electron chi connectivity index (χ4n) is 2.82. The van der Waals surface area contributed by atoms with Gasteiger partial charge in [-0.05, 0) is 41.4 Å². The van der Waals surface area contributed by atoms with E-state index in [-0.39, 0.29) is 11.9 Å². The Morgan fingerprint density at radius 2 is 2.21 bits per heavy atom. The van der Waals surface area contributed by atoms with Crippen LogP contribution in [0.25, 0.3) is 11.3 Å². The number of imidazole rings is 1. The summed E-state index contributed by atoms with van der Waals surface area (Å²) in [6.45, 7) is 2.80. The molecule has 1 aromatic carbocycles. The first-order valence-electron chi connectivity index (χ1n) is 7.68. The van der Waals surface area contributed by atoms with Gasteiger partial charge in [-0.15, -0.1) is 5.10 Å². The van der Waals surface area contributed by atoms with Gasteiger partial charge in [-0.2, -0.15) is 0 Å². The SMILES string of the molecule is Fc1ccc(-c2cnc([C@@H]3COCCN3Cc3csnn3)[nH]2)cc1. The van der Waals surface area contributed by atoms with Crippen LogP contribution in [-0.4, -0.2) is 44.2 Å². The molecular weight excluding hydrogens is 329 g/mol. The third-order valence-corrected chi connectivity index (χ3v) is 4.63. The number of rotatable bonds is 4. The summed E-state index contributed by atoms with van der Waals surface area (Å²) in [5, 5.41) is 6.08. The van der Waals surface area contributed by atoms with Gasteiger partial charge < -0.3 is 9.72 Å². The van der Waals surface area contributed by atoms with Gasteiger partial charge in [0.2, 0.25) is 0 Å². The molecule has 8 heteroatoms. The Labute approximate surface area is 142 Å². The summed E-state index contributed by atoms with van der Waals surface area (Å²) >= 11 is 1.35. The van der Waals surface area contributed by atoms with Crippen LogP contribution in [0.15, 0.2) is 35.8 Å². The van der Waals surface area contributed by atoms with Gasteiger partial charge in [0.1, 0.15) is 11.6 Å². The van der Waals surface area contributed by atoms with Crippen molar-refractivity contribution in [1.82, 2.24) is 24.5 Å². The van der Waals surface area contributed by atoms with E-state index in [1.807, 2.05) is 5.38 Å². The highest BCUT2D eigenvalue weighted by molar-refractivity contribution is 7.03. The van der Waals surface area contributed by atoms with Crippen LogP contribution in [0.4, 0.5) is 4.39 Å². The van der Waals surface area contributed by atoms with Crippen LogP contribution in [0.1, 0.15) is 17.6 Å². The molecule has 124 valence electrons. The largest absolute Gasteiger partial charge is 0.378 e. The maximum Gasteiger partial charge on any atom is 0.126 e. The predicted molar refractivity (Wildman–Crippen MR) is 87.9 cm³/mol. The van der Waals surface area contributed by atoms with E-state index in [1.165, 1.54) is 23.7 Å². The number of ether oxygens (including phenoxy) is 1. The fourth-order valence-corrected chi connectivity index (χ4v) is 3.26. The number of morpholine rings is 1. The van der Waals surface area contributed by atoms with Crippen molar-refractivity contribution in [1.29, 1.82) is 0 Å². The van der Waals surface area contributed by atoms with Crippen molar-refractivity contribution in [2.75, 3.05) is 19.8 Å². The second-order valence-electron chi connectivity index (χ2n) is 5.65. The van der Waals surface area contributed by atoms with Crippen LogP contribution in [0.3, 0.4) is 0 Å². The molecule has 1 atom stereocenters. The summed E-state index contributed by atoms with van der Waals surface area (Å²) in [5.74, 6) is 0.597. The zero-order valence-corrected chi connectivity index (χ0v) is 13.7. The molecular formula is C16H16FN5OS. The lowest BCUT2D eigenvalue weighted by molar-refractivity contribution is -0.0161. The average molecular weight is 345 g/mol. The van der Waals surface area contributed by atoms with Crippen LogP contribution in [0.2, 0.25) is 0 Å². The van der Waals surface area contributed by atoms with Crippen molar-refractivity contribution in [3.63, 3.8) is 0 Å². The standard InChI is InChI=1S/C16H16FN5OS/c17-12-3-1-11(2-4-12)14-7-18-16(19-14)15-9-23-6-5-22(15)8-13-10-24-21-20-13/h1-4,7,10,15H,5-6,8-9H2,(H,18,19)/t15-/m0/s1. The first kappa shape index (κ1) is 15.4. The predicted octanol–water partition coefficient (Wildman–Crippen LogP) is 2.64.